The van der Waals surface area contributed by atoms with Crippen LogP contribution in [0.2, 0.25) is 0 Å². The second kappa shape index (κ2) is 6.44. The van der Waals surface area contributed by atoms with Crippen LogP contribution in [0.5, 0.6) is 0 Å². The van der Waals surface area contributed by atoms with Gasteiger partial charge in [-0.25, -0.2) is 0 Å². The molecule has 1 N–H and O–H groups in total. The van der Waals surface area contributed by atoms with Gasteiger partial charge >= 0.3 is 0 Å². The van der Waals surface area contributed by atoms with Crippen molar-refractivity contribution in [3.05, 3.63) is 52.8 Å². The van der Waals surface area contributed by atoms with Crippen molar-refractivity contribution < 1.29 is 0 Å². The summed E-state index contributed by atoms with van der Waals surface area (Å²) in [4.78, 5) is 0. The van der Waals surface area contributed by atoms with Crippen LogP contribution in [-0.4, -0.2) is 16.3 Å². The average Bonchev–Trinajstić information content (AvgIpc) is 3.15. The van der Waals surface area contributed by atoms with E-state index in [1.165, 1.54) is 36.1 Å². The molecule has 3 heteroatoms. The number of aromatic nitrogens is 2. The van der Waals surface area contributed by atoms with E-state index in [1.54, 1.807) is 5.56 Å². The number of nitrogens with one attached hydrogen (secondary N) is 1. The van der Waals surface area contributed by atoms with Gasteiger partial charge in [-0.1, -0.05) is 25.1 Å². The summed E-state index contributed by atoms with van der Waals surface area (Å²) in [5.41, 5.74) is 5.72. The molecule has 1 aromatic carbocycles. The van der Waals surface area contributed by atoms with Gasteiger partial charge in [-0.05, 0) is 61.9 Å². The molecule has 0 amide bonds. The van der Waals surface area contributed by atoms with Crippen LogP contribution in [0.15, 0.2) is 30.5 Å². The van der Waals surface area contributed by atoms with Gasteiger partial charge in [0.2, 0.25) is 0 Å². The Morgan fingerprint density at radius 2 is 2.05 bits per heavy atom. The molecule has 2 aromatic rings. The summed E-state index contributed by atoms with van der Waals surface area (Å²) in [5.74, 6) is 0. The van der Waals surface area contributed by atoms with Crippen LogP contribution in [-0.2, 0) is 19.4 Å². The summed E-state index contributed by atoms with van der Waals surface area (Å²) in [6.45, 7) is 6.30. The van der Waals surface area contributed by atoms with Crippen molar-refractivity contribution >= 4 is 0 Å². The van der Waals surface area contributed by atoms with Crippen LogP contribution in [0, 0.1) is 0 Å². The van der Waals surface area contributed by atoms with E-state index in [2.05, 4.69) is 53.2 Å². The van der Waals surface area contributed by atoms with E-state index in [4.69, 9.17) is 0 Å². The van der Waals surface area contributed by atoms with Crippen molar-refractivity contribution in [2.75, 3.05) is 6.54 Å². The fourth-order valence-electron chi connectivity index (χ4n) is 3.31. The molecule has 1 aliphatic rings. The molecule has 3 rings (SSSR count). The molecule has 1 atom stereocenters. The highest BCUT2D eigenvalue weighted by Crippen LogP contribution is 2.28. The first-order valence-corrected chi connectivity index (χ1v) is 8.20. The van der Waals surface area contributed by atoms with E-state index < -0.39 is 0 Å². The Morgan fingerprint density at radius 1 is 1.19 bits per heavy atom. The zero-order valence-corrected chi connectivity index (χ0v) is 13.1. The number of nitrogens with zero attached hydrogens (tertiary/aromatic N) is 2. The maximum absolute atomic E-state index is 4.44. The summed E-state index contributed by atoms with van der Waals surface area (Å²) in [6, 6.07) is 9.42. The van der Waals surface area contributed by atoms with Crippen molar-refractivity contribution in [2.24, 2.45) is 0 Å². The maximum atomic E-state index is 4.44. The third-order valence-electron chi connectivity index (χ3n) is 4.40. The Kier molecular flexibility index (Phi) is 4.39. The van der Waals surface area contributed by atoms with Gasteiger partial charge in [0.05, 0.1) is 11.7 Å². The minimum absolute atomic E-state index is 0.248. The highest BCUT2D eigenvalue weighted by Gasteiger charge is 2.19. The fourth-order valence-corrected chi connectivity index (χ4v) is 3.31. The second-order valence-corrected chi connectivity index (χ2v) is 5.84. The first kappa shape index (κ1) is 14.3. The molecule has 1 aromatic heterocycles. The molecule has 0 aliphatic heterocycles. The summed E-state index contributed by atoms with van der Waals surface area (Å²) >= 11 is 0. The van der Waals surface area contributed by atoms with E-state index in [9.17, 15) is 0 Å². The lowest BCUT2D eigenvalue weighted by Gasteiger charge is -2.21. The number of fused-ring (bicyclic) bond motifs is 1. The molecule has 0 saturated heterocycles. The van der Waals surface area contributed by atoms with E-state index in [0.717, 1.165) is 19.5 Å². The van der Waals surface area contributed by atoms with Crippen molar-refractivity contribution in [1.29, 1.82) is 0 Å². The smallest absolute Gasteiger partial charge is 0.0748 e. The molecule has 0 saturated carbocycles. The van der Waals surface area contributed by atoms with Crippen molar-refractivity contribution in [2.45, 2.75) is 52.1 Å². The van der Waals surface area contributed by atoms with E-state index in [1.807, 2.05) is 6.20 Å². The van der Waals surface area contributed by atoms with Gasteiger partial charge in [-0.3, -0.25) is 4.68 Å². The standard InChI is InChI=1S/C18H25N3/c1-3-11-19-18(17-10-12-20-21(17)4-2)16-9-8-14-6-5-7-15(14)13-16/h8-10,12-13,18-19H,3-7,11H2,1-2H3. The monoisotopic (exact) mass is 283 g/mol. The Bertz CT molecular complexity index is 600. The third-order valence-corrected chi connectivity index (χ3v) is 4.40. The maximum Gasteiger partial charge on any atom is 0.0748 e. The van der Waals surface area contributed by atoms with Gasteiger partial charge in [0.1, 0.15) is 0 Å². The summed E-state index contributed by atoms with van der Waals surface area (Å²) in [7, 11) is 0. The predicted molar refractivity (Wildman–Crippen MR) is 86.5 cm³/mol. The molecule has 0 spiro atoms. The van der Waals surface area contributed by atoms with Crippen molar-refractivity contribution in [3.63, 3.8) is 0 Å². The number of hydrogen-bond donors (Lipinski definition) is 1. The minimum atomic E-state index is 0.248. The first-order chi connectivity index (χ1) is 10.3. The summed E-state index contributed by atoms with van der Waals surface area (Å²) in [6.07, 6.45) is 6.83. The van der Waals surface area contributed by atoms with Gasteiger partial charge in [0.15, 0.2) is 0 Å². The molecular weight excluding hydrogens is 258 g/mol. The van der Waals surface area contributed by atoms with Crippen molar-refractivity contribution in [1.82, 2.24) is 15.1 Å². The zero-order chi connectivity index (χ0) is 14.7. The number of aryl methyl sites for hydroxylation is 3. The van der Waals surface area contributed by atoms with Crippen LogP contribution in [0.1, 0.15) is 55.1 Å². The minimum Gasteiger partial charge on any atom is -0.305 e. The Morgan fingerprint density at radius 3 is 2.86 bits per heavy atom. The highest BCUT2D eigenvalue weighted by atomic mass is 15.3. The van der Waals surface area contributed by atoms with Crippen LogP contribution in [0.4, 0.5) is 0 Å². The van der Waals surface area contributed by atoms with Crippen molar-refractivity contribution in [3.8, 4) is 0 Å². The SMILES string of the molecule is CCCNC(c1ccc2c(c1)CCC2)c1ccnn1CC. The van der Waals surface area contributed by atoms with E-state index >= 15 is 0 Å². The zero-order valence-electron chi connectivity index (χ0n) is 13.1. The van der Waals surface area contributed by atoms with Gasteiger partial charge in [-0.15, -0.1) is 0 Å². The Hall–Kier alpha value is -1.61. The third kappa shape index (κ3) is 2.88. The molecule has 1 heterocycles. The van der Waals surface area contributed by atoms with Gasteiger partial charge in [0.25, 0.3) is 0 Å². The lowest BCUT2D eigenvalue weighted by Crippen LogP contribution is -2.26. The molecule has 0 radical (unpaired) electrons. The first-order valence-electron chi connectivity index (χ1n) is 8.20. The predicted octanol–water partition coefficient (Wildman–Crippen LogP) is 3.48. The molecule has 0 bridgehead atoms. The number of hydrogen-bond acceptors (Lipinski definition) is 2. The highest BCUT2D eigenvalue weighted by molar-refractivity contribution is 5.39. The topological polar surface area (TPSA) is 29.9 Å². The Balaban J connectivity index is 1.95. The average molecular weight is 283 g/mol. The lowest BCUT2D eigenvalue weighted by atomic mass is 9.98. The molecule has 0 fully saturated rings. The van der Waals surface area contributed by atoms with Crippen LogP contribution in [0.25, 0.3) is 0 Å². The molecule has 1 aliphatic carbocycles. The Labute approximate surface area is 127 Å². The molecule has 1 unspecified atom stereocenters. The van der Waals surface area contributed by atoms with Crippen LogP contribution < -0.4 is 5.32 Å². The summed E-state index contributed by atoms with van der Waals surface area (Å²) in [5, 5.41) is 8.13. The second-order valence-electron chi connectivity index (χ2n) is 5.84. The molecule has 3 nitrogen and oxygen atoms in total. The van der Waals surface area contributed by atoms with E-state index in [0.29, 0.717) is 0 Å². The normalized spacial score (nSPS) is 15.1. The summed E-state index contributed by atoms with van der Waals surface area (Å²) < 4.78 is 2.10. The largest absolute Gasteiger partial charge is 0.305 e. The fraction of sp³-hybridized carbons (Fsp3) is 0.500. The number of benzene rings is 1. The van der Waals surface area contributed by atoms with E-state index in [-0.39, 0.29) is 6.04 Å². The van der Waals surface area contributed by atoms with Gasteiger partial charge in [-0.2, -0.15) is 5.10 Å². The lowest BCUT2D eigenvalue weighted by molar-refractivity contribution is 0.529. The van der Waals surface area contributed by atoms with Gasteiger partial charge in [0, 0.05) is 12.7 Å². The molecule has 21 heavy (non-hydrogen) atoms. The number of rotatable bonds is 6. The molecule has 112 valence electrons. The molecular formula is C18H25N3. The van der Waals surface area contributed by atoms with Crippen LogP contribution in [0.3, 0.4) is 0 Å². The van der Waals surface area contributed by atoms with Crippen LogP contribution >= 0.6 is 0 Å². The quantitative estimate of drug-likeness (QED) is 0.879. The van der Waals surface area contributed by atoms with Gasteiger partial charge < -0.3 is 5.32 Å².